The van der Waals surface area contributed by atoms with Crippen LogP contribution in [0.15, 0.2) is 24.3 Å². The van der Waals surface area contributed by atoms with E-state index in [1.54, 1.807) is 7.11 Å². The number of hydrogen-bond donors (Lipinski definition) is 1. The normalized spacial score (nSPS) is 16.8. The summed E-state index contributed by atoms with van der Waals surface area (Å²) in [5, 5.41) is 3.99. The minimum atomic E-state index is -0.131. The predicted octanol–water partition coefficient (Wildman–Crippen LogP) is 4.95. The van der Waals surface area contributed by atoms with Crippen LogP contribution >= 0.6 is 11.3 Å². The molecule has 152 valence electrons. The third-order valence-corrected chi connectivity index (χ3v) is 6.68. The largest absolute Gasteiger partial charge is 0.497 e. The molecular weight excluding hydrogens is 384 g/mol. The molecule has 1 aliphatic rings. The number of nitrogens with one attached hydrogen (secondary N) is 1. The Labute approximate surface area is 174 Å². The van der Waals surface area contributed by atoms with E-state index in [0.29, 0.717) is 22.4 Å². The number of hydrogen-bond acceptors (Lipinski definition) is 6. The van der Waals surface area contributed by atoms with Crippen molar-refractivity contribution in [2.45, 2.75) is 46.1 Å². The Balaban J connectivity index is 1.73. The van der Waals surface area contributed by atoms with Crippen LogP contribution < -0.4 is 15.0 Å². The number of aryl methyl sites for hydroxylation is 2. The van der Waals surface area contributed by atoms with Gasteiger partial charge in [-0.25, -0.2) is 9.97 Å². The molecule has 3 aromatic rings. The number of ether oxygens (including phenoxy) is 1. The Kier molecular flexibility index (Phi) is 5.41. The number of piperidine rings is 1. The summed E-state index contributed by atoms with van der Waals surface area (Å²) in [5.41, 5.74) is 1.65. The zero-order valence-corrected chi connectivity index (χ0v) is 18.1. The number of carbonyl (C=O) groups is 1. The minimum Gasteiger partial charge on any atom is -0.497 e. The van der Waals surface area contributed by atoms with Gasteiger partial charge in [-0.1, -0.05) is 6.07 Å². The number of anilines is 2. The maximum absolute atomic E-state index is 13.0. The third-order valence-electron chi connectivity index (χ3n) is 5.49. The molecule has 1 atom stereocenters. The average molecular weight is 411 g/mol. The Bertz CT molecular complexity index is 1060. The molecule has 6 nitrogen and oxygen atoms in total. The lowest BCUT2D eigenvalue weighted by molar-refractivity contribution is 0.103. The molecule has 0 unspecified atom stereocenters. The van der Waals surface area contributed by atoms with Crippen LogP contribution in [-0.2, 0) is 0 Å². The van der Waals surface area contributed by atoms with Gasteiger partial charge >= 0.3 is 0 Å². The molecule has 0 bridgehead atoms. The summed E-state index contributed by atoms with van der Waals surface area (Å²) in [7, 11) is 1.61. The number of amides is 1. The van der Waals surface area contributed by atoms with Gasteiger partial charge in [-0.15, -0.1) is 11.3 Å². The van der Waals surface area contributed by atoms with E-state index in [4.69, 9.17) is 9.72 Å². The van der Waals surface area contributed by atoms with Crippen molar-refractivity contribution < 1.29 is 9.53 Å². The molecule has 7 heteroatoms. The fraction of sp³-hybridized carbons (Fsp3) is 0.409. The van der Waals surface area contributed by atoms with E-state index in [2.05, 4.69) is 22.1 Å². The van der Waals surface area contributed by atoms with Gasteiger partial charge in [0.1, 0.15) is 22.2 Å². The molecule has 3 heterocycles. The van der Waals surface area contributed by atoms with Gasteiger partial charge in [-0.3, -0.25) is 4.79 Å². The number of rotatable bonds is 4. The Hall–Kier alpha value is -2.67. The maximum Gasteiger partial charge on any atom is 0.266 e. The number of methoxy groups -OCH3 is 1. The molecule has 2 aromatic heterocycles. The quantitative estimate of drug-likeness (QED) is 0.659. The standard InChI is InChI=1S/C22H26N4O2S/c1-13-8-5-6-11-26(13)20-18-14(2)19(29-22(18)24-15(3)23-20)21(27)25-16-9-7-10-17(12-16)28-4/h7,9-10,12-13H,5-6,8,11H2,1-4H3,(H,25,27)/t13-/m1/s1. The highest BCUT2D eigenvalue weighted by molar-refractivity contribution is 7.20. The van der Waals surface area contributed by atoms with Crippen molar-refractivity contribution in [3.8, 4) is 5.75 Å². The predicted molar refractivity (Wildman–Crippen MR) is 118 cm³/mol. The van der Waals surface area contributed by atoms with Crippen LogP contribution in [0.5, 0.6) is 5.75 Å². The smallest absolute Gasteiger partial charge is 0.266 e. The number of carbonyl (C=O) groups excluding carboxylic acids is 1. The Morgan fingerprint density at radius 1 is 1.28 bits per heavy atom. The molecular formula is C22H26N4O2S. The van der Waals surface area contributed by atoms with E-state index < -0.39 is 0 Å². The van der Waals surface area contributed by atoms with Gasteiger partial charge in [0.2, 0.25) is 0 Å². The van der Waals surface area contributed by atoms with Crippen molar-refractivity contribution in [3.63, 3.8) is 0 Å². The van der Waals surface area contributed by atoms with Crippen LogP contribution in [0, 0.1) is 13.8 Å². The molecule has 0 saturated carbocycles. The zero-order chi connectivity index (χ0) is 20.5. The SMILES string of the molecule is COc1cccc(NC(=O)c2sc3nc(C)nc(N4CCCC[C@H]4C)c3c2C)c1. The van der Waals surface area contributed by atoms with Gasteiger partial charge in [0.15, 0.2) is 0 Å². The first-order valence-corrected chi connectivity index (χ1v) is 10.8. The van der Waals surface area contributed by atoms with E-state index in [-0.39, 0.29) is 5.91 Å². The zero-order valence-electron chi connectivity index (χ0n) is 17.3. The van der Waals surface area contributed by atoms with Crippen molar-refractivity contribution in [2.24, 2.45) is 0 Å². The first-order valence-electron chi connectivity index (χ1n) is 9.97. The summed E-state index contributed by atoms with van der Waals surface area (Å²) in [6.45, 7) is 7.16. The van der Waals surface area contributed by atoms with Gasteiger partial charge in [0.05, 0.1) is 17.4 Å². The van der Waals surface area contributed by atoms with Crippen molar-refractivity contribution in [2.75, 3.05) is 23.9 Å². The third kappa shape index (κ3) is 3.79. The van der Waals surface area contributed by atoms with Crippen molar-refractivity contribution in [1.82, 2.24) is 9.97 Å². The summed E-state index contributed by atoms with van der Waals surface area (Å²) >= 11 is 1.43. The Morgan fingerprint density at radius 2 is 2.10 bits per heavy atom. The number of fused-ring (bicyclic) bond motifs is 1. The molecule has 0 spiro atoms. The molecule has 0 aliphatic carbocycles. The lowest BCUT2D eigenvalue weighted by Crippen LogP contribution is -2.38. The lowest BCUT2D eigenvalue weighted by Gasteiger charge is -2.35. The van der Waals surface area contributed by atoms with E-state index in [9.17, 15) is 4.79 Å². The number of nitrogens with zero attached hydrogens (tertiary/aromatic N) is 3. The van der Waals surface area contributed by atoms with Crippen LogP contribution in [0.3, 0.4) is 0 Å². The number of benzene rings is 1. The lowest BCUT2D eigenvalue weighted by atomic mass is 10.0. The summed E-state index contributed by atoms with van der Waals surface area (Å²) in [5.74, 6) is 2.29. The second-order valence-electron chi connectivity index (χ2n) is 7.56. The average Bonchev–Trinajstić information content (AvgIpc) is 3.04. The fourth-order valence-electron chi connectivity index (χ4n) is 3.95. The molecule has 0 radical (unpaired) electrons. The van der Waals surface area contributed by atoms with Crippen molar-refractivity contribution in [3.05, 3.63) is 40.5 Å². The van der Waals surface area contributed by atoms with Gasteiger partial charge in [-0.2, -0.15) is 0 Å². The minimum absolute atomic E-state index is 0.131. The topological polar surface area (TPSA) is 67.3 Å². The molecule has 1 fully saturated rings. The van der Waals surface area contributed by atoms with Crippen LogP contribution in [0.1, 0.15) is 47.2 Å². The fourth-order valence-corrected chi connectivity index (χ4v) is 5.06. The molecule has 1 amide bonds. The molecule has 4 rings (SSSR count). The second kappa shape index (κ2) is 7.99. The summed E-state index contributed by atoms with van der Waals surface area (Å²) in [6, 6.07) is 7.82. The first-order chi connectivity index (χ1) is 14.0. The highest BCUT2D eigenvalue weighted by Gasteiger charge is 2.26. The van der Waals surface area contributed by atoms with Crippen molar-refractivity contribution in [1.29, 1.82) is 0 Å². The molecule has 1 N–H and O–H groups in total. The molecule has 29 heavy (non-hydrogen) atoms. The van der Waals surface area contributed by atoms with E-state index >= 15 is 0 Å². The summed E-state index contributed by atoms with van der Waals surface area (Å²) < 4.78 is 5.25. The second-order valence-corrected chi connectivity index (χ2v) is 8.55. The number of thiophene rings is 1. The van der Waals surface area contributed by atoms with Gasteiger partial charge < -0.3 is 15.0 Å². The summed E-state index contributed by atoms with van der Waals surface area (Å²) in [6.07, 6.45) is 3.58. The molecule has 1 aliphatic heterocycles. The van der Waals surface area contributed by atoms with Gasteiger partial charge in [-0.05, 0) is 57.7 Å². The maximum atomic E-state index is 13.0. The molecule has 1 aromatic carbocycles. The van der Waals surface area contributed by atoms with E-state index in [0.717, 1.165) is 40.4 Å². The van der Waals surface area contributed by atoms with Crippen LogP contribution in [0.4, 0.5) is 11.5 Å². The first kappa shape index (κ1) is 19.6. The van der Waals surface area contributed by atoms with E-state index in [1.807, 2.05) is 38.1 Å². The van der Waals surface area contributed by atoms with Crippen LogP contribution in [-0.4, -0.2) is 35.6 Å². The highest BCUT2D eigenvalue weighted by Crippen LogP contribution is 2.37. The van der Waals surface area contributed by atoms with Crippen LogP contribution in [0.2, 0.25) is 0 Å². The number of aromatic nitrogens is 2. The summed E-state index contributed by atoms with van der Waals surface area (Å²) in [4.78, 5) is 26.4. The van der Waals surface area contributed by atoms with Crippen molar-refractivity contribution >= 4 is 39.0 Å². The van der Waals surface area contributed by atoms with Gasteiger partial charge in [0.25, 0.3) is 5.91 Å². The monoisotopic (exact) mass is 410 g/mol. The highest BCUT2D eigenvalue weighted by atomic mass is 32.1. The van der Waals surface area contributed by atoms with Gasteiger partial charge in [0, 0.05) is 24.3 Å². The van der Waals surface area contributed by atoms with Crippen LogP contribution in [0.25, 0.3) is 10.2 Å². The Morgan fingerprint density at radius 3 is 2.86 bits per heavy atom. The van der Waals surface area contributed by atoms with E-state index in [1.165, 1.54) is 24.2 Å². The molecule has 1 saturated heterocycles.